The summed E-state index contributed by atoms with van der Waals surface area (Å²) in [4.78, 5) is 24.1. The van der Waals surface area contributed by atoms with Gasteiger partial charge in [0.25, 0.3) is 0 Å². The van der Waals surface area contributed by atoms with Crippen LogP contribution in [0.1, 0.15) is 73.4 Å². The van der Waals surface area contributed by atoms with E-state index in [2.05, 4.69) is 0 Å². The van der Waals surface area contributed by atoms with Gasteiger partial charge in [0.15, 0.2) is 11.6 Å². The number of carbonyl (C=O) groups is 2. The minimum Gasteiger partial charge on any atom is -0.486 e. The molecule has 4 heteroatoms. The van der Waals surface area contributed by atoms with Crippen LogP contribution in [0, 0.1) is 0 Å². The summed E-state index contributed by atoms with van der Waals surface area (Å²) in [6, 6.07) is 3.17. The Morgan fingerprint density at radius 2 is 1.95 bits per heavy atom. The molecule has 0 bridgehead atoms. The molecule has 0 amide bonds. The standard InChI is InChI=1S/C18H22O4/c1-10(2)6-15(20)13-7-12(11(3)19)8-14-16(21)9-18(4,5)22-17(13)14/h6-8,15,20H,9H2,1-5H3/t15-/m0/s1. The van der Waals surface area contributed by atoms with Crippen LogP contribution in [-0.4, -0.2) is 22.3 Å². The summed E-state index contributed by atoms with van der Waals surface area (Å²) in [5.74, 6) is 0.169. The predicted octanol–water partition coefficient (Wildman–Crippen LogP) is 3.63. The van der Waals surface area contributed by atoms with Crippen molar-refractivity contribution < 1.29 is 19.4 Å². The summed E-state index contributed by atoms with van der Waals surface area (Å²) in [7, 11) is 0. The van der Waals surface area contributed by atoms with E-state index < -0.39 is 11.7 Å². The SMILES string of the molecule is CC(=O)c1cc2c(c([C@@H](O)C=C(C)C)c1)OC(C)(C)CC2=O. The Morgan fingerprint density at radius 1 is 1.32 bits per heavy atom. The monoisotopic (exact) mass is 302 g/mol. The van der Waals surface area contributed by atoms with Gasteiger partial charge in [0.1, 0.15) is 17.5 Å². The molecule has 0 saturated heterocycles. The molecule has 1 aliphatic rings. The molecule has 1 N–H and O–H groups in total. The van der Waals surface area contributed by atoms with Crippen molar-refractivity contribution in [1.29, 1.82) is 0 Å². The van der Waals surface area contributed by atoms with Gasteiger partial charge < -0.3 is 9.84 Å². The molecule has 1 atom stereocenters. The van der Waals surface area contributed by atoms with E-state index in [-0.39, 0.29) is 18.0 Å². The second kappa shape index (κ2) is 5.69. The van der Waals surface area contributed by atoms with Crippen molar-refractivity contribution in [2.45, 2.75) is 52.7 Å². The summed E-state index contributed by atoms with van der Waals surface area (Å²) >= 11 is 0. The highest BCUT2D eigenvalue weighted by molar-refractivity contribution is 6.04. The zero-order valence-corrected chi connectivity index (χ0v) is 13.7. The lowest BCUT2D eigenvalue weighted by atomic mass is 9.88. The number of aliphatic hydroxyl groups is 1. The van der Waals surface area contributed by atoms with Crippen LogP contribution in [0.25, 0.3) is 0 Å². The van der Waals surface area contributed by atoms with Crippen LogP contribution in [0.2, 0.25) is 0 Å². The molecule has 1 aromatic rings. The number of benzene rings is 1. The lowest BCUT2D eigenvalue weighted by Gasteiger charge is -2.33. The Morgan fingerprint density at radius 3 is 2.50 bits per heavy atom. The Balaban J connectivity index is 2.68. The fourth-order valence-electron chi connectivity index (χ4n) is 2.60. The summed E-state index contributed by atoms with van der Waals surface area (Å²) in [5.41, 5.74) is 1.57. The fraction of sp³-hybridized carbons (Fsp3) is 0.444. The molecular weight excluding hydrogens is 280 g/mol. The summed E-state index contributed by atoms with van der Waals surface area (Å²) < 4.78 is 5.94. The second-order valence-corrected chi connectivity index (χ2v) is 6.65. The maximum absolute atomic E-state index is 12.4. The Bertz CT molecular complexity index is 664. The third-order valence-corrected chi connectivity index (χ3v) is 3.60. The number of Topliss-reactive ketones (excluding diaryl/α,β-unsaturated/α-hetero) is 2. The van der Waals surface area contributed by atoms with E-state index in [1.54, 1.807) is 18.2 Å². The van der Waals surface area contributed by atoms with Crippen molar-refractivity contribution >= 4 is 11.6 Å². The lowest BCUT2D eigenvalue weighted by Crippen LogP contribution is -2.36. The smallest absolute Gasteiger partial charge is 0.170 e. The Hall–Kier alpha value is -1.94. The zero-order valence-electron chi connectivity index (χ0n) is 13.7. The van der Waals surface area contributed by atoms with Gasteiger partial charge in [-0.2, -0.15) is 0 Å². The number of hydrogen-bond acceptors (Lipinski definition) is 4. The van der Waals surface area contributed by atoms with Crippen molar-refractivity contribution in [3.05, 3.63) is 40.5 Å². The van der Waals surface area contributed by atoms with Crippen molar-refractivity contribution in [1.82, 2.24) is 0 Å². The quantitative estimate of drug-likeness (QED) is 0.684. The first-order valence-corrected chi connectivity index (χ1v) is 7.35. The molecule has 0 spiro atoms. The highest BCUT2D eigenvalue weighted by Crippen LogP contribution is 2.40. The maximum Gasteiger partial charge on any atom is 0.170 e. The van der Waals surface area contributed by atoms with Crippen LogP contribution in [0.4, 0.5) is 0 Å². The van der Waals surface area contributed by atoms with Crippen molar-refractivity contribution in [3.8, 4) is 5.75 Å². The highest BCUT2D eigenvalue weighted by Gasteiger charge is 2.35. The van der Waals surface area contributed by atoms with Crippen LogP contribution >= 0.6 is 0 Å². The number of ketones is 2. The number of rotatable bonds is 3. The molecule has 0 aromatic heterocycles. The van der Waals surface area contributed by atoms with Gasteiger partial charge in [-0.15, -0.1) is 0 Å². The number of hydrogen-bond donors (Lipinski definition) is 1. The molecule has 0 fully saturated rings. The van der Waals surface area contributed by atoms with Crippen molar-refractivity contribution in [3.63, 3.8) is 0 Å². The summed E-state index contributed by atoms with van der Waals surface area (Å²) in [6.07, 6.45) is 1.01. The molecule has 4 nitrogen and oxygen atoms in total. The number of allylic oxidation sites excluding steroid dienone is 1. The Kier molecular flexibility index (Phi) is 4.25. The molecule has 22 heavy (non-hydrogen) atoms. The molecule has 0 saturated carbocycles. The molecule has 2 rings (SSSR count). The summed E-state index contributed by atoms with van der Waals surface area (Å²) in [5, 5.41) is 10.4. The molecule has 1 aliphatic heterocycles. The molecule has 1 heterocycles. The van der Waals surface area contributed by atoms with E-state index in [0.717, 1.165) is 5.57 Å². The molecule has 0 unspecified atom stereocenters. The van der Waals surface area contributed by atoms with E-state index >= 15 is 0 Å². The van der Waals surface area contributed by atoms with Gasteiger partial charge in [0.05, 0.1) is 12.0 Å². The van der Waals surface area contributed by atoms with E-state index in [1.807, 2.05) is 27.7 Å². The lowest BCUT2D eigenvalue weighted by molar-refractivity contribution is 0.0599. The zero-order chi connectivity index (χ0) is 16.7. The van der Waals surface area contributed by atoms with E-state index in [4.69, 9.17) is 4.74 Å². The van der Waals surface area contributed by atoms with Crippen molar-refractivity contribution in [2.24, 2.45) is 0 Å². The molecule has 118 valence electrons. The van der Waals surface area contributed by atoms with E-state index in [9.17, 15) is 14.7 Å². The molecule has 1 aromatic carbocycles. The third kappa shape index (κ3) is 3.28. The Labute approximate surface area is 130 Å². The third-order valence-electron chi connectivity index (χ3n) is 3.60. The van der Waals surface area contributed by atoms with Crippen LogP contribution in [-0.2, 0) is 0 Å². The normalized spacial score (nSPS) is 17.3. The van der Waals surface area contributed by atoms with Gasteiger partial charge in [0.2, 0.25) is 0 Å². The first-order valence-electron chi connectivity index (χ1n) is 7.35. The van der Waals surface area contributed by atoms with Crippen LogP contribution in [0.3, 0.4) is 0 Å². The number of carbonyl (C=O) groups excluding carboxylic acids is 2. The van der Waals surface area contributed by atoms with Gasteiger partial charge >= 0.3 is 0 Å². The van der Waals surface area contributed by atoms with Gasteiger partial charge in [-0.25, -0.2) is 0 Å². The first kappa shape index (κ1) is 16.4. The minimum absolute atomic E-state index is 0.0694. The van der Waals surface area contributed by atoms with E-state index in [0.29, 0.717) is 22.4 Å². The van der Waals surface area contributed by atoms with Crippen LogP contribution in [0.15, 0.2) is 23.8 Å². The molecule has 0 radical (unpaired) electrons. The van der Waals surface area contributed by atoms with Crippen LogP contribution < -0.4 is 4.74 Å². The highest BCUT2D eigenvalue weighted by atomic mass is 16.5. The van der Waals surface area contributed by atoms with Crippen molar-refractivity contribution in [2.75, 3.05) is 0 Å². The molecule has 0 aliphatic carbocycles. The summed E-state index contributed by atoms with van der Waals surface area (Å²) in [6.45, 7) is 8.87. The number of aliphatic hydroxyl groups excluding tert-OH is 1. The second-order valence-electron chi connectivity index (χ2n) is 6.65. The van der Waals surface area contributed by atoms with Crippen LogP contribution in [0.5, 0.6) is 5.75 Å². The minimum atomic E-state index is -0.917. The predicted molar refractivity (Wildman–Crippen MR) is 84.5 cm³/mol. The first-order chi connectivity index (χ1) is 10.1. The van der Waals surface area contributed by atoms with Gasteiger partial charge in [-0.1, -0.05) is 11.6 Å². The van der Waals surface area contributed by atoms with E-state index in [1.165, 1.54) is 6.92 Å². The average molecular weight is 302 g/mol. The average Bonchev–Trinajstić information content (AvgIpc) is 2.35. The number of ether oxygens (including phenoxy) is 1. The number of fused-ring (bicyclic) bond motifs is 1. The largest absolute Gasteiger partial charge is 0.486 e. The van der Waals surface area contributed by atoms with Gasteiger partial charge in [-0.3, -0.25) is 9.59 Å². The maximum atomic E-state index is 12.4. The molecular formula is C18H22O4. The van der Waals surface area contributed by atoms with Gasteiger partial charge in [0, 0.05) is 11.1 Å². The fourth-order valence-corrected chi connectivity index (χ4v) is 2.60. The van der Waals surface area contributed by atoms with Gasteiger partial charge in [-0.05, 0) is 46.8 Å². The topological polar surface area (TPSA) is 63.6 Å².